The number of hydrogen-bond acceptors (Lipinski definition) is 4. The van der Waals surface area contributed by atoms with Crippen molar-refractivity contribution in [2.75, 3.05) is 7.11 Å². The van der Waals surface area contributed by atoms with E-state index in [4.69, 9.17) is 4.74 Å². The van der Waals surface area contributed by atoms with Crippen LogP contribution in [0.4, 0.5) is 4.39 Å². The molecule has 0 saturated heterocycles. The van der Waals surface area contributed by atoms with Crippen LogP contribution in [0.2, 0.25) is 0 Å². The van der Waals surface area contributed by atoms with Crippen molar-refractivity contribution in [3.8, 4) is 16.3 Å². The molecule has 0 unspecified atom stereocenters. The summed E-state index contributed by atoms with van der Waals surface area (Å²) >= 11 is 3.54. The van der Waals surface area contributed by atoms with Crippen molar-refractivity contribution in [2.24, 2.45) is 0 Å². The number of methoxy groups -OCH3 is 1. The van der Waals surface area contributed by atoms with Crippen molar-refractivity contribution in [1.29, 1.82) is 0 Å². The van der Waals surface area contributed by atoms with Crippen LogP contribution in [0, 0.1) is 8.83 Å². The highest BCUT2D eigenvalue weighted by atomic mass is 127. The molecule has 0 N–H and O–H groups in total. The number of nitrogens with zero attached hydrogens (tertiary/aromatic N) is 2. The molecule has 0 amide bonds. The Morgan fingerprint density at radius 1 is 1.40 bits per heavy atom. The Bertz CT molecular complexity index is 489. The van der Waals surface area contributed by atoms with Gasteiger partial charge in [0, 0.05) is 5.56 Å². The molecule has 1 aromatic heterocycles. The molecule has 1 aromatic carbocycles. The number of halogens is 2. The zero-order chi connectivity index (χ0) is 10.8. The Morgan fingerprint density at radius 3 is 2.80 bits per heavy atom. The average molecular weight is 336 g/mol. The third kappa shape index (κ3) is 2.25. The first-order valence-corrected chi connectivity index (χ1v) is 5.93. The van der Waals surface area contributed by atoms with Crippen LogP contribution in [0.1, 0.15) is 0 Å². The Morgan fingerprint density at radius 2 is 2.20 bits per heavy atom. The van der Waals surface area contributed by atoms with Gasteiger partial charge in [0.15, 0.2) is 14.6 Å². The first kappa shape index (κ1) is 10.7. The summed E-state index contributed by atoms with van der Waals surface area (Å²) in [6.45, 7) is 0. The van der Waals surface area contributed by atoms with Crippen molar-refractivity contribution >= 4 is 33.9 Å². The zero-order valence-corrected chi connectivity index (χ0v) is 10.7. The van der Waals surface area contributed by atoms with Crippen LogP contribution >= 0.6 is 33.9 Å². The lowest BCUT2D eigenvalue weighted by atomic mass is 10.2. The van der Waals surface area contributed by atoms with Gasteiger partial charge in [-0.15, -0.1) is 10.2 Å². The van der Waals surface area contributed by atoms with Crippen LogP contribution in [0.25, 0.3) is 10.6 Å². The molecule has 3 nitrogen and oxygen atoms in total. The van der Waals surface area contributed by atoms with Gasteiger partial charge in [0.25, 0.3) is 0 Å². The summed E-state index contributed by atoms with van der Waals surface area (Å²) in [4.78, 5) is 0. The lowest BCUT2D eigenvalue weighted by Gasteiger charge is -2.02. The van der Waals surface area contributed by atoms with Gasteiger partial charge in [0.05, 0.1) is 7.11 Å². The molecule has 2 rings (SSSR count). The quantitative estimate of drug-likeness (QED) is 0.791. The van der Waals surface area contributed by atoms with Crippen LogP contribution in [0.5, 0.6) is 5.75 Å². The van der Waals surface area contributed by atoms with E-state index in [0.717, 1.165) is 13.6 Å². The zero-order valence-electron chi connectivity index (χ0n) is 7.70. The number of benzene rings is 1. The molecular formula is C9H6FIN2OS. The fourth-order valence-corrected chi connectivity index (χ4v) is 2.42. The molecule has 0 saturated carbocycles. The lowest BCUT2D eigenvalue weighted by Crippen LogP contribution is -1.88. The lowest BCUT2D eigenvalue weighted by molar-refractivity contribution is 0.387. The second-order valence-corrected chi connectivity index (χ2v) is 5.44. The molecule has 15 heavy (non-hydrogen) atoms. The predicted molar refractivity (Wildman–Crippen MR) is 64.6 cm³/mol. The smallest absolute Gasteiger partial charge is 0.178 e. The fraction of sp³-hybridized carbons (Fsp3) is 0.111. The number of rotatable bonds is 2. The van der Waals surface area contributed by atoms with Crippen molar-refractivity contribution in [3.05, 3.63) is 27.0 Å². The monoisotopic (exact) mass is 336 g/mol. The molecule has 0 aliphatic rings. The molecule has 0 bridgehead atoms. The van der Waals surface area contributed by atoms with Gasteiger partial charge in [-0.05, 0) is 40.8 Å². The predicted octanol–water partition coefficient (Wildman–Crippen LogP) is 2.96. The molecule has 0 spiro atoms. The minimum absolute atomic E-state index is 0.220. The van der Waals surface area contributed by atoms with E-state index in [0.29, 0.717) is 0 Å². The molecule has 6 heteroatoms. The van der Waals surface area contributed by atoms with E-state index in [-0.39, 0.29) is 11.6 Å². The first-order chi connectivity index (χ1) is 7.20. The average Bonchev–Trinajstić information content (AvgIpc) is 2.66. The minimum atomic E-state index is -0.375. The Labute approximate surface area is 103 Å². The van der Waals surface area contributed by atoms with Crippen molar-refractivity contribution in [3.63, 3.8) is 0 Å². The normalized spacial score (nSPS) is 10.3. The third-order valence-electron chi connectivity index (χ3n) is 1.80. The molecule has 78 valence electrons. The molecule has 0 radical (unpaired) electrons. The van der Waals surface area contributed by atoms with Gasteiger partial charge in [0.2, 0.25) is 0 Å². The molecule has 0 aliphatic heterocycles. The van der Waals surface area contributed by atoms with E-state index in [1.807, 2.05) is 0 Å². The highest BCUT2D eigenvalue weighted by Crippen LogP contribution is 2.28. The minimum Gasteiger partial charge on any atom is -0.494 e. The van der Waals surface area contributed by atoms with Crippen molar-refractivity contribution in [1.82, 2.24) is 10.2 Å². The summed E-state index contributed by atoms with van der Waals surface area (Å²) in [5, 5.41) is 8.63. The summed E-state index contributed by atoms with van der Waals surface area (Å²) in [6, 6.07) is 4.64. The number of ether oxygens (including phenoxy) is 1. The van der Waals surface area contributed by atoms with Crippen LogP contribution in [0.3, 0.4) is 0 Å². The van der Waals surface area contributed by atoms with Crippen molar-refractivity contribution < 1.29 is 9.13 Å². The van der Waals surface area contributed by atoms with E-state index in [1.165, 1.54) is 24.5 Å². The van der Waals surface area contributed by atoms with Gasteiger partial charge >= 0.3 is 0 Å². The Hall–Kier alpha value is -0.760. The van der Waals surface area contributed by atoms with Gasteiger partial charge in [-0.3, -0.25) is 0 Å². The summed E-state index contributed by atoms with van der Waals surface area (Å²) in [5.41, 5.74) is 0.814. The largest absolute Gasteiger partial charge is 0.494 e. The van der Waals surface area contributed by atoms with Crippen LogP contribution in [-0.2, 0) is 0 Å². The van der Waals surface area contributed by atoms with Gasteiger partial charge in [-0.25, -0.2) is 4.39 Å². The summed E-state index contributed by atoms with van der Waals surface area (Å²) in [5.74, 6) is -0.154. The maximum absolute atomic E-state index is 13.1. The Balaban J connectivity index is 2.45. The molecule has 0 aliphatic carbocycles. The Kier molecular flexibility index (Phi) is 3.15. The van der Waals surface area contributed by atoms with E-state index >= 15 is 0 Å². The highest BCUT2D eigenvalue weighted by Gasteiger charge is 2.08. The first-order valence-electron chi connectivity index (χ1n) is 4.03. The van der Waals surface area contributed by atoms with Gasteiger partial charge in [-0.2, -0.15) is 0 Å². The van der Waals surface area contributed by atoms with Crippen molar-refractivity contribution in [2.45, 2.75) is 0 Å². The maximum Gasteiger partial charge on any atom is 0.178 e. The van der Waals surface area contributed by atoms with E-state index in [1.54, 1.807) is 12.1 Å². The highest BCUT2D eigenvalue weighted by molar-refractivity contribution is 14.1. The second-order valence-electron chi connectivity index (χ2n) is 2.71. The summed E-state index contributed by atoms with van der Waals surface area (Å²) in [7, 11) is 1.44. The maximum atomic E-state index is 13.1. The molecule has 0 atom stereocenters. The third-order valence-corrected chi connectivity index (χ3v) is 3.44. The van der Waals surface area contributed by atoms with E-state index in [9.17, 15) is 4.39 Å². The molecule has 2 aromatic rings. The van der Waals surface area contributed by atoms with Gasteiger partial charge in [-0.1, -0.05) is 11.3 Å². The molecule has 1 heterocycles. The van der Waals surface area contributed by atoms with Gasteiger partial charge in [0.1, 0.15) is 5.01 Å². The summed E-state index contributed by atoms with van der Waals surface area (Å²) in [6.07, 6.45) is 0. The summed E-state index contributed by atoms with van der Waals surface area (Å²) < 4.78 is 18.9. The van der Waals surface area contributed by atoms with Gasteiger partial charge < -0.3 is 4.74 Å². The standard InChI is InChI=1S/C9H6FIN2OS/c1-14-7-4-5(2-3-6(7)10)8-12-13-9(11)15-8/h2-4H,1H3. The molecular weight excluding hydrogens is 330 g/mol. The SMILES string of the molecule is COc1cc(-c2nnc(I)s2)ccc1F. The van der Waals surface area contributed by atoms with Crippen LogP contribution in [0.15, 0.2) is 18.2 Å². The molecule has 0 fully saturated rings. The second kappa shape index (κ2) is 4.40. The van der Waals surface area contributed by atoms with Crippen LogP contribution < -0.4 is 4.74 Å². The number of aromatic nitrogens is 2. The topological polar surface area (TPSA) is 35.0 Å². The number of hydrogen-bond donors (Lipinski definition) is 0. The van der Waals surface area contributed by atoms with E-state index in [2.05, 4.69) is 32.8 Å². The van der Waals surface area contributed by atoms with E-state index < -0.39 is 0 Å². The fourth-order valence-electron chi connectivity index (χ4n) is 1.11. The van der Waals surface area contributed by atoms with Crippen LogP contribution in [-0.4, -0.2) is 17.3 Å².